The van der Waals surface area contributed by atoms with E-state index in [0.717, 1.165) is 25.1 Å². The normalized spacial score (nSPS) is 12.0. The third-order valence-corrected chi connectivity index (χ3v) is 3.10. The summed E-state index contributed by atoms with van der Waals surface area (Å²) in [5.74, 6) is 1.94. The van der Waals surface area contributed by atoms with Gasteiger partial charge in [-0.25, -0.2) is 0 Å². The fourth-order valence-corrected chi connectivity index (χ4v) is 1.87. The fraction of sp³-hybridized carbons (Fsp3) is 0.625. The maximum Gasteiger partial charge on any atom is 0.203 e. The highest BCUT2D eigenvalue weighted by atomic mass is 16.5. The van der Waals surface area contributed by atoms with E-state index in [0.29, 0.717) is 23.9 Å². The topological polar surface area (TPSA) is 60.0 Å². The van der Waals surface area contributed by atoms with E-state index in [1.54, 1.807) is 14.2 Å². The summed E-state index contributed by atoms with van der Waals surface area (Å²) in [5.41, 5.74) is 1.08. The predicted octanol–water partition coefficient (Wildman–Crippen LogP) is 2.21. The molecule has 120 valence electrons. The zero-order valence-corrected chi connectivity index (χ0v) is 13.4. The Hall–Kier alpha value is -1.46. The minimum Gasteiger partial charge on any atom is -0.493 e. The van der Waals surface area contributed by atoms with E-state index in [9.17, 15) is 0 Å². The van der Waals surface area contributed by atoms with E-state index in [4.69, 9.17) is 19.3 Å². The molecule has 2 N–H and O–H groups in total. The van der Waals surface area contributed by atoms with Gasteiger partial charge in [0.05, 0.1) is 20.8 Å². The van der Waals surface area contributed by atoms with Gasteiger partial charge in [0, 0.05) is 19.1 Å². The highest BCUT2D eigenvalue weighted by Crippen LogP contribution is 2.38. The first-order valence-corrected chi connectivity index (χ1v) is 7.35. The van der Waals surface area contributed by atoms with Crippen molar-refractivity contribution in [2.75, 3.05) is 34.0 Å². The van der Waals surface area contributed by atoms with Crippen LogP contribution < -0.4 is 19.5 Å². The van der Waals surface area contributed by atoms with Crippen LogP contribution in [0.15, 0.2) is 12.1 Å². The largest absolute Gasteiger partial charge is 0.493 e. The van der Waals surface area contributed by atoms with Gasteiger partial charge in [0.2, 0.25) is 5.75 Å². The second-order valence-electron chi connectivity index (χ2n) is 5.10. The molecule has 0 bridgehead atoms. The first-order valence-electron chi connectivity index (χ1n) is 7.35. The highest BCUT2D eigenvalue weighted by Gasteiger charge is 2.15. The predicted molar refractivity (Wildman–Crippen MR) is 83.3 cm³/mol. The second kappa shape index (κ2) is 9.47. The van der Waals surface area contributed by atoms with E-state index in [1.165, 1.54) is 0 Å². The van der Waals surface area contributed by atoms with Crippen molar-refractivity contribution in [3.63, 3.8) is 0 Å². The first kappa shape index (κ1) is 17.6. The minimum absolute atomic E-state index is 0.0605. The van der Waals surface area contributed by atoms with Crippen molar-refractivity contribution >= 4 is 0 Å². The van der Waals surface area contributed by atoms with Crippen LogP contribution in [0.1, 0.15) is 25.8 Å². The molecule has 1 rings (SSSR count). The van der Waals surface area contributed by atoms with Gasteiger partial charge in [-0.3, -0.25) is 0 Å². The molecule has 0 aromatic heterocycles. The van der Waals surface area contributed by atoms with E-state index < -0.39 is 0 Å². The number of aliphatic hydroxyl groups excluding tert-OH is 1. The summed E-state index contributed by atoms with van der Waals surface area (Å²) in [6.07, 6.45) is 1.09. The molecule has 1 unspecified atom stereocenters. The average Bonchev–Trinajstić information content (AvgIpc) is 2.52. The third-order valence-electron chi connectivity index (χ3n) is 3.10. The lowest BCUT2D eigenvalue weighted by Crippen LogP contribution is -2.15. The Morgan fingerprint density at radius 2 is 1.81 bits per heavy atom. The number of rotatable bonds is 10. The maximum absolute atomic E-state index is 9.08. The summed E-state index contributed by atoms with van der Waals surface area (Å²) in [6.45, 7) is 6.28. The molecule has 0 radical (unpaired) electrons. The van der Waals surface area contributed by atoms with Crippen molar-refractivity contribution in [3.05, 3.63) is 17.7 Å². The Bertz CT molecular complexity index is 398. The number of hydrogen-bond donors (Lipinski definition) is 2. The van der Waals surface area contributed by atoms with Crippen molar-refractivity contribution in [2.45, 2.75) is 26.8 Å². The summed E-state index contributed by atoms with van der Waals surface area (Å²) >= 11 is 0. The van der Waals surface area contributed by atoms with Gasteiger partial charge in [0.1, 0.15) is 0 Å². The lowest BCUT2D eigenvalue weighted by atomic mass is 10.1. The minimum atomic E-state index is 0.0605. The number of aliphatic hydroxyl groups is 1. The highest BCUT2D eigenvalue weighted by molar-refractivity contribution is 5.53. The van der Waals surface area contributed by atoms with Crippen LogP contribution >= 0.6 is 0 Å². The van der Waals surface area contributed by atoms with Crippen LogP contribution in [0, 0.1) is 5.92 Å². The molecule has 0 fully saturated rings. The molecule has 1 atom stereocenters. The zero-order chi connectivity index (χ0) is 15.7. The Balaban J connectivity index is 2.90. The van der Waals surface area contributed by atoms with E-state index >= 15 is 0 Å². The van der Waals surface area contributed by atoms with E-state index in [1.807, 2.05) is 19.1 Å². The molecule has 5 heteroatoms. The molecule has 0 heterocycles. The van der Waals surface area contributed by atoms with Crippen molar-refractivity contribution < 1.29 is 19.3 Å². The quantitative estimate of drug-likeness (QED) is 0.648. The number of nitrogens with one attached hydrogen (secondary N) is 1. The van der Waals surface area contributed by atoms with E-state index in [2.05, 4.69) is 12.2 Å². The van der Waals surface area contributed by atoms with Gasteiger partial charge in [-0.15, -0.1) is 0 Å². The molecule has 0 saturated carbocycles. The van der Waals surface area contributed by atoms with Crippen molar-refractivity contribution in [1.29, 1.82) is 0 Å². The SMILES string of the molecule is CCCNCc1cc(OC)c(OCC(C)CO)c(OC)c1. The number of hydrogen-bond acceptors (Lipinski definition) is 5. The van der Waals surface area contributed by atoms with Gasteiger partial charge in [0.15, 0.2) is 11.5 Å². The van der Waals surface area contributed by atoms with Crippen molar-refractivity contribution in [1.82, 2.24) is 5.32 Å². The maximum atomic E-state index is 9.08. The van der Waals surface area contributed by atoms with Crippen molar-refractivity contribution in [3.8, 4) is 17.2 Å². The second-order valence-corrected chi connectivity index (χ2v) is 5.10. The standard InChI is InChI=1S/C16H27NO4/c1-5-6-17-9-13-7-14(19-3)16(15(8-13)20-4)21-11-12(2)10-18/h7-8,12,17-18H,5-6,9-11H2,1-4H3. The van der Waals surface area contributed by atoms with Crippen LogP contribution in [0.2, 0.25) is 0 Å². The van der Waals surface area contributed by atoms with Gasteiger partial charge < -0.3 is 24.6 Å². The van der Waals surface area contributed by atoms with Crippen LogP contribution in [-0.4, -0.2) is 39.1 Å². The van der Waals surface area contributed by atoms with Gasteiger partial charge in [-0.1, -0.05) is 13.8 Å². The van der Waals surface area contributed by atoms with Gasteiger partial charge >= 0.3 is 0 Å². The Morgan fingerprint density at radius 3 is 2.29 bits per heavy atom. The van der Waals surface area contributed by atoms with Crippen LogP contribution in [-0.2, 0) is 6.54 Å². The van der Waals surface area contributed by atoms with Crippen LogP contribution in [0.25, 0.3) is 0 Å². The van der Waals surface area contributed by atoms with Crippen LogP contribution in [0.5, 0.6) is 17.2 Å². The molecule has 21 heavy (non-hydrogen) atoms. The lowest BCUT2D eigenvalue weighted by molar-refractivity contribution is 0.167. The Labute approximate surface area is 127 Å². The molecule has 0 amide bonds. The van der Waals surface area contributed by atoms with Gasteiger partial charge in [-0.2, -0.15) is 0 Å². The summed E-state index contributed by atoms with van der Waals surface area (Å²) < 4.78 is 16.6. The molecular weight excluding hydrogens is 270 g/mol. The molecule has 0 aliphatic carbocycles. The third kappa shape index (κ3) is 5.44. The fourth-order valence-electron chi connectivity index (χ4n) is 1.87. The van der Waals surface area contributed by atoms with Crippen LogP contribution in [0.3, 0.4) is 0 Å². The molecule has 0 aliphatic rings. The van der Waals surface area contributed by atoms with Crippen LogP contribution in [0.4, 0.5) is 0 Å². The smallest absolute Gasteiger partial charge is 0.203 e. The lowest BCUT2D eigenvalue weighted by Gasteiger charge is -2.18. The van der Waals surface area contributed by atoms with Gasteiger partial charge in [0.25, 0.3) is 0 Å². The number of methoxy groups -OCH3 is 2. The molecule has 0 aliphatic heterocycles. The van der Waals surface area contributed by atoms with Crippen molar-refractivity contribution in [2.24, 2.45) is 5.92 Å². The number of ether oxygens (including phenoxy) is 3. The summed E-state index contributed by atoms with van der Waals surface area (Å²) in [7, 11) is 3.22. The molecule has 5 nitrogen and oxygen atoms in total. The monoisotopic (exact) mass is 297 g/mol. The molecular formula is C16H27NO4. The summed E-state index contributed by atoms with van der Waals surface area (Å²) in [6, 6.07) is 3.90. The summed E-state index contributed by atoms with van der Waals surface area (Å²) in [5, 5.41) is 12.4. The average molecular weight is 297 g/mol. The first-order chi connectivity index (χ1) is 10.2. The molecule has 1 aromatic carbocycles. The Morgan fingerprint density at radius 1 is 1.19 bits per heavy atom. The Kier molecular flexibility index (Phi) is 7.93. The van der Waals surface area contributed by atoms with Gasteiger partial charge in [-0.05, 0) is 30.7 Å². The van der Waals surface area contributed by atoms with E-state index in [-0.39, 0.29) is 12.5 Å². The molecule has 0 saturated heterocycles. The zero-order valence-electron chi connectivity index (χ0n) is 13.4. The number of benzene rings is 1. The molecule has 1 aromatic rings. The summed E-state index contributed by atoms with van der Waals surface area (Å²) in [4.78, 5) is 0. The molecule has 0 spiro atoms.